The lowest BCUT2D eigenvalue weighted by atomic mass is 9.93. The van der Waals surface area contributed by atoms with E-state index in [4.69, 9.17) is 4.74 Å². The van der Waals surface area contributed by atoms with Crippen molar-refractivity contribution in [2.24, 2.45) is 5.92 Å². The zero-order valence-electron chi connectivity index (χ0n) is 22.8. The standard InChI is InChI=1S/C33H50O3/c1-2-3-4-5-6-7-8-9-10-11-12-13-14-18-21-31(33(34)35)25-22-29-23-26-32(27-24-29)36-28-30-19-16-15-17-20-30/h15-17,19-20,23-24,26-27,31H,2-14,18,21-22,25,28H2,1H3,(H,34,35). The van der Waals surface area contributed by atoms with Crippen LogP contribution in [0.5, 0.6) is 5.75 Å². The molecule has 2 aromatic rings. The third-order valence-electron chi connectivity index (χ3n) is 7.21. The number of benzene rings is 2. The molecule has 1 atom stereocenters. The van der Waals surface area contributed by atoms with Crippen molar-refractivity contribution in [2.45, 2.75) is 123 Å². The summed E-state index contributed by atoms with van der Waals surface area (Å²) in [5.41, 5.74) is 2.32. The Morgan fingerprint density at radius 2 is 1.19 bits per heavy atom. The fourth-order valence-corrected chi connectivity index (χ4v) is 4.81. The minimum absolute atomic E-state index is 0.240. The molecular weight excluding hydrogens is 444 g/mol. The van der Waals surface area contributed by atoms with Crippen molar-refractivity contribution in [2.75, 3.05) is 0 Å². The molecule has 0 aromatic heterocycles. The van der Waals surface area contributed by atoms with Crippen molar-refractivity contribution < 1.29 is 14.6 Å². The molecule has 1 N–H and O–H groups in total. The predicted octanol–water partition coefficient (Wildman–Crippen LogP) is 9.77. The summed E-state index contributed by atoms with van der Waals surface area (Å²) in [5, 5.41) is 9.66. The van der Waals surface area contributed by atoms with Crippen LogP contribution in [0.1, 0.15) is 121 Å². The molecule has 0 aliphatic carbocycles. The average Bonchev–Trinajstić information content (AvgIpc) is 2.90. The average molecular weight is 495 g/mol. The number of carboxylic acid groups (broad SMARTS) is 1. The lowest BCUT2D eigenvalue weighted by molar-refractivity contribution is -0.142. The maximum Gasteiger partial charge on any atom is 0.306 e. The van der Waals surface area contributed by atoms with E-state index in [9.17, 15) is 9.90 Å². The predicted molar refractivity (Wildman–Crippen MR) is 152 cm³/mol. The topological polar surface area (TPSA) is 46.5 Å². The molecule has 0 heterocycles. The Labute approximate surface area is 220 Å². The molecule has 3 heteroatoms. The molecule has 0 amide bonds. The highest BCUT2D eigenvalue weighted by atomic mass is 16.5. The van der Waals surface area contributed by atoms with Crippen molar-refractivity contribution in [3.05, 3.63) is 65.7 Å². The number of hydrogen-bond acceptors (Lipinski definition) is 2. The Hall–Kier alpha value is -2.29. The van der Waals surface area contributed by atoms with E-state index in [2.05, 4.69) is 31.2 Å². The summed E-state index contributed by atoms with van der Waals surface area (Å²) in [6.45, 7) is 2.83. The third kappa shape index (κ3) is 14.3. The Bertz CT molecular complexity index is 784. The number of carbonyl (C=O) groups is 1. The van der Waals surface area contributed by atoms with Gasteiger partial charge in [-0.05, 0) is 42.5 Å². The minimum atomic E-state index is -0.646. The second-order valence-electron chi connectivity index (χ2n) is 10.4. The van der Waals surface area contributed by atoms with Gasteiger partial charge >= 0.3 is 5.97 Å². The van der Waals surface area contributed by atoms with Gasteiger partial charge in [-0.2, -0.15) is 0 Å². The Morgan fingerprint density at radius 3 is 1.72 bits per heavy atom. The molecule has 200 valence electrons. The minimum Gasteiger partial charge on any atom is -0.489 e. The first-order valence-corrected chi connectivity index (χ1v) is 14.7. The van der Waals surface area contributed by atoms with Crippen molar-refractivity contribution in [3.63, 3.8) is 0 Å². The molecule has 0 saturated carbocycles. The molecule has 0 bridgehead atoms. The molecule has 0 saturated heterocycles. The van der Waals surface area contributed by atoms with Gasteiger partial charge in [-0.25, -0.2) is 0 Å². The number of aryl methyl sites for hydroxylation is 1. The lowest BCUT2D eigenvalue weighted by Gasteiger charge is -2.13. The highest BCUT2D eigenvalue weighted by molar-refractivity contribution is 5.69. The van der Waals surface area contributed by atoms with Gasteiger partial charge in [0.1, 0.15) is 12.4 Å². The van der Waals surface area contributed by atoms with Crippen LogP contribution in [-0.2, 0) is 17.8 Å². The van der Waals surface area contributed by atoms with E-state index in [0.29, 0.717) is 13.0 Å². The van der Waals surface area contributed by atoms with E-state index in [1.54, 1.807) is 0 Å². The zero-order valence-corrected chi connectivity index (χ0v) is 22.8. The van der Waals surface area contributed by atoms with Gasteiger partial charge in [0.2, 0.25) is 0 Å². The Balaban J connectivity index is 1.50. The van der Waals surface area contributed by atoms with Crippen molar-refractivity contribution in [1.82, 2.24) is 0 Å². The summed E-state index contributed by atoms with van der Waals surface area (Å²) in [6, 6.07) is 18.2. The van der Waals surface area contributed by atoms with Crippen LogP contribution in [0.3, 0.4) is 0 Å². The van der Waals surface area contributed by atoms with Crippen LogP contribution < -0.4 is 4.74 Å². The SMILES string of the molecule is CCCCCCCCCCCCCCCCC(CCc1ccc(OCc2ccccc2)cc1)C(=O)O. The fraction of sp³-hybridized carbons (Fsp3) is 0.606. The largest absolute Gasteiger partial charge is 0.489 e. The van der Waals surface area contributed by atoms with Gasteiger partial charge in [0.25, 0.3) is 0 Å². The summed E-state index contributed by atoms with van der Waals surface area (Å²) < 4.78 is 5.85. The number of aliphatic carboxylic acids is 1. The normalized spacial score (nSPS) is 11.9. The molecule has 2 aromatic carbocycles. The molecular formula is C33H50O3. The molecule has 0 aliphatic heterocycles. The Morgan fingerprint density at radius 1 is 0.667 bits per heavy atom. The van der Waals surface area contributed by atoms with E-state index in [1.807, 2.05) is 30.3 Å². The summed E-state index contributed by atoms with van der Waals surface area (Å²) in [7, 11) is 0. The van der Waals surface area contributed by atoms with E-state index in [1.165, 1.54) is 82.6 Å². The molecule has 36 heavy (non-hydrogen) atoms. The maximum atomic E-state index is 11.7. The molecule has 0 radical (unpaired) electrons. The number of rotatable bonds is 22. The zero-order chi connectivity index (χ0) is 25.7. The van der Waals surface area contributed by atoms with Gasteiger partial charge in [0, 0.05) is 0 Å². The maximum absolute atomic E-state index is 11.7. The molecule has 2 rings (SSSR count). The fourth-order valence-electron chi connectivity index (χ4n) is 4.81. The van der Waals surface area contributed by atoms with E-state index < -0.39 is 5.97 Å². The van der Waals surface area contributed by atoms with Gasteiger partial charge in [-0.15, -0.1) is 0 Å². The van der Waals surface area contributed by atoms with Gasteiger partial charge in [-0.3, -0.25) is 4.79 Å². The van der Waals surface area contributed by atoms with E-state index in [0.717, 1.165) is 37.0 Å². The van der Waals surface area contributed by atoms with Crippen molar-refractivity contribution >= 4 is 5.97 Å². The first-order valence-electron chi connectivity index (χ1n) is 14.7. The summed E-state index contributed by atoms with van der Waals surface area (Å²) in [6.07, 6.45) is 20.9. The van der Waals surface area contributed by atoms with Crippen molar-refractivity contribution in [1.29, 1.82) is 0 Å². The molecule has 0 spiro atoms. The Kier molecular flexibility index (Phi) is 16.5. The summed E-state index contributed by atoms with van der Waals surface area (Å²) >= 11 is 0. The van der Waals surface area contributed by atoms with Gasteiger partial charge < -0.3 is 9.84 Å². The van der Waals surface area contributed by atoms with Crippen LogP contribution in [-0.4, -0.2) is 11.1 Å². The molecule has 1 unspecified atom stereocenters. The van der Waals surface area contributed by atoms with Crippen LogP contribution in [0.25, 0.3) is 0 Å². The third-order valence-corrected chi connectivity index (χ3v) is 7.21. The molecule has 0 fully saturated rings. The van der Waals surface area contributed by atoms with Crippen LogP contribution in [0.15, 0.2) is 54.6 Å². The highest BCUT2D eigenvalue weighted by Crippen LogP contribution is 2.21. The smallest absolute Gasteiger partial charge is 0.306 e. The van der Waals surface area contributed by atoms with Crippen LogP contribution in [0.2, 0.25) is 0 Å². The van der Waals surface area contributed by atoms with Crippen molar-refractivity contribution in [3.8, 4) is 5.75 Å². The van der Waals surface area contributed by atoms with Gasteiger partial charge in [-0.1, -0.05) is 139 Å². The quantitative estimate of drug-likeness (QED) is 0.166. The van der Waals surface area contributed by atoms with Crippen LogP contribution in [0, 0.1) is 5.92 Å². The second kappa shape index (κ2) is 19.8. The van der Waals surface area contributed by atoms with E-state index >= 15 is 0 Å². The number of ether oxygens (including phenoxy) is 1. The van der Waals surface area contributed by atoms with E-state index in [-0.39, 0.29) is 5.92 Å². The highest BCUT2D eigenvalue weighted by Gasteiger charge is 2.16. The monoisotopic (exact) mass is 494 g/mol. The first kappa shape index (κ1) is 29.9. The number of carboxylic acids is 1. The van der Waals surface area contributed by atoms with Gasteiger partial charge in [0.05, 0.1) is 5.92 Å². The lowest BCUT2D eigenvalue weighted by Crippen LogP contribution is -2.14. The summed E-state index contributed by atoms with van der Waals surface area (Å²) in [5.74, 6) is -0.0383. The molecule has 3 nitrogen and oxygen atoms in total. The van der Waals surface area contributed by atoms with Crippen LogP contribution in [0.4, 0.5) is 0 Å². The second-order valence-corrected chi connectivity index (χ2v) is 10.4. The first-order chi connectivity index (χ1) is 17.7. The van der Waals surface area contributed by atoms with Crippen LogP contribution >= 0.6 is 0 Å². The number of hydrogen-bond donors (Lipinski definition) is 1. The summed E-state index contributed by atoms with van der Waals surface area (Å²) in [4.78, 5) is 11.7. The number of unbranched alkanes of at least 4 members (excludes halogenated alkanes) is 13. The van der Waals surface area contributed by atoms with Gasteiger partial charge in [0.15, 0.2) is 0 Å². The molecule has 0 aliphatic rings.